The van der Waals surface area contributed by atoms with Crippen LogP contribution in [0.1, 0.15) is 43.4 Å². The van der Waals surface area contributed by atoms with Gasteiger partial charge in [-0.1, -0.05) is 51.6 Å². The summed E-state index contributed by atoms with van der Waals surface area (Å²) in [6.45, 7) is 10.9. The molecular formula is C20H23NO2. The second-order valence-corrected chi connectivity index (χ2v) is 7.72. The van der Waals surface area contributed by atoms with Crippen molar-refractivity contribution in [3.8, 4) is 0 Å². The summed E-state index contributed by atoms with van der Waals surface area (Å²) >= 11 is 0. The van der Waals surface area contributed by atoms with Gasteiger partial charge in [-0.05, 0) is 33.4 Å². The monoisotopic (exact) mass is 309 g/mol. The van der Waals surface area contributed by atoms with Crippen molar-refractivity contribution in [3.63, 3.8) is 0 Å². The van der Waals surface area contributed by atoms with Crippen molar-refractivity contribution in [3.05, 3.63) is 53.6 Å². The van der Waals surface area contributed by atoms with Crippen molar-refractivity contribution in [2.45, 2.75) is 43.9 Å². The largest absolute Gasteiger partial charge is 0.376 e. The van der Waals surface area contributed by atoms with Crippen LogP contribution in [0.5, 0.6) is 0 Å². The molecule has 1 aliphatic carbocycles. The number of methoxy groups -OCH3 is 1. The Bertz CT molecular complexity index is 833. The fraction of sp³-hybridized carbons (Fsp3) is 0.400. The van der Waals surface area contributed by atoms with Crippen LogP contribution >= 0.6 is 0 Å². The minimum absolute atomic E-state index is 0.00828. The summed E-state index contributed by atoms with van der Waals surface area (Å²) in [7, 11) is 1.57. The van der Waals surface area contributed by atoms with E-state index in [0.717, 1.165) is 11.3 Å². The molecule has 0 saturated heterocycles. The normalized spacial score (nSPS) is 29.0. The lowest BCUT2D eigenvalue weighted by molar-refractivity contribution is -0.110. The highest BCUT2D eigenvalue weighted by Crippen LogP contribution is 2.59. The number of fused-ring (bicyclic) bond motifs is 5. The van der Waals surface area contributed by atoms with Gasteiger partial charge in [0.15, 0.2) is 5.79 Å². The van der Waals surface area contributed by atoms with E-state index in [1.165, 1.54) is 21.9 Å². The molecule has 2 aliphatic rings. The summed E-state index contributed by atoms with van der Waals surface area (Å²) in [5, 5.41) is 16.5. The Morgan fingerprint density at radius 2 is 1.96 bits per heavy atom. The van der Waals surface area contributed by atoms with E-state index in [-0.39, 0.29) is 17.4 Å². The van der Waals surface area contributed by atoms with Gasteiger partial charge < -0.3 is 15.2 Å². The Morgan fingerprint density at radius 1 is 1.26 bits per heavy atom. The van der Waals surface area contributed by atoms with E-state index in [4.69, 9.17) is 4.74 Å². The van der Waals surface area contributed by atoms with Crippen molar-refractivity contribution in [2.75, 3.05) is 7.11 Å². The molecule has 4 rings (SSSR count). The molecule has 0 spiro atoms. The van der Waals surface area contributed by atoms with E-state index >= 15 is 0 Å². The van der Waals surface area contributed by atoms with Crippen molar-refractivity contribution in [1.29, 1.82) is 0 Å². The molecule has 2 N–H and O–H groups in total. The maximum absolute atomic E-state index is 10.8. The first-order valence-electron chi connectivity index (χ1n) is 8.08. The van der Waals surface area contributed by atoms with Crippen molar-refractivity contribution in [2.24, 2.45) is 0 Å². The van der Waals surface area contributed by atoms with Crippen LogP contribution in [0.4, 0.5) is 0 Å². The zero-order valence-corrected chi connectivity index (χ0v) is 14.1. The van der Waals surface area contributed by atoms with Crippen LogP contribution in [0.15, 0.2) is 36.9 Å². The number of aliphatic hydroxyl groups is 1. The maximum Gasteiger partial charge on any atom is 0.195 e. The molecule has 3 unspecified atom stereocenters. The first-order valence-corrected chi connectivity index (χ1v) is 8.08. The van der Waals surface area contributed by atoms with Crippen LogP contribution in [0.3, 0.4) is 0 Å². The third kappa shape index (κ3) is 1.84. The minimum atomic E-state index is -1.15. The summed E-state index contributed by atoms with van der Waals surface area (Å²) in [4.78, 5) is 0. The smallest absolute Gasteiger partial charge is 0.195 e. The lowest BCUT2D eigenvalue weighted by Gasteiger charge is -2.30. The Labute approximate surface area is 137 Å². The molecule has 23 heavy (non-hydrogen) atoms. The van der Waals surface area contributed by atoms with Gasteiger partial charge in [-0.2, -0.15) is 0 Å². The number of hydrogen-bond donors (Lipinski definition) is 2. The molecule has 3 heteroatoms. The number of hydrogen-bond acceptors (Lipinski definition) is 3. The van der Waals surface area contributed by atoms with Gasteiger partial charge in [-0.25, -0.2) is 0 Å². The summed E-state index contributed by atoms with van der Waals surface area (Å²) in [5.41, 5.74) is 4.44. The number of rotatable bonds is 1. The summed E-state index contributed by atoms with van der Waals surface area (Å²) < 4.78 is 5.43. The zero-order chi connectivity index (χ0) is 16.6. The quantitative estimate of drug-likeness (QED) is 0.792. The highest BCUT2D eigenvalue weighted by molar-refractivity contribution is 5.94. The van der Waals surface area contributed by atoms with Crippen LogP contribution in [-0.4, -0.2) is 24.0 Å². The van der Waals surface area contributed by atoms with Crippen molar-refractivity contribution < 1.29 is 9.84 Å². The zero-order valence-electron chi connectivity index (χ0n) is 14.1. The number of ether oxygens (including phenoxy) is 1. The van der Waals surface area contributed by atoms with Crippen LogP contribution in [0.25, 0.3) is 16.5 Å². The molecule has 120 valence electrons. The second kappa shape index (κ2) is 4.37. The molecule has 0 aromatic heterocycles. The molecule has 1 saturated carbocycles. The SMILES string of the molecule is C=C1NC2C(c3c1c(C(C)(C)C)cc1ccccc31)C2(O)OC. The van der Waals surface area contributed by atoms with E-state index in [9.17, 15) is 5.11 Å². The van der Waals surface area contributed by atoms with E-state index in [0.29, 0.717) is 0 Å². The molecule has 2 aromatic carbocycles. The summed E-state index contributed by atoms with van der Waals surface area (Å²) in [6.07, 6.45) is 0. The number of benzene rings is 2. The van der Waals surface area contributed by atoms with Gasteiger partial charge in [-0.3, -0.25) is 0 Å². The summed E-state index contributed by atoms with van der Waals surface area (Å²) in [6, 6.07) is 10.5. The first kappa shape index (κ1) is 14.7. The molecule has 1 aliphatic heterocycles. The standard InChI is InChI=1S/C20H23NO2/c1-11-15-14(19(2,3)4)10-12-8-6-7-9-13(12)16(15)17-18(21-11)20(17,22)23-5/h6-10,17-18,21-22H,1H2,2-5H3. The molecule has 1 heterocycles. The molecule has 0 bridgehead atoms. The predicted octanol–water partition coefficient (Wildman–Crippen LogP) is 3.51. The molecule has 0 amide bonds. The molecule has 0 radical (unpaired) electrons. The fourth-order valence-electron chi connectivity index (χ4n) is 4.04. The molecular weight excluding hydrogens is 286 g/mol. The Hall–Kier alpha value is -1.84. The van der Waals surface area contributed by atoms with Gasteiger partial charge in [0, 0.05) is 18.4 Å². The van der Waals surface area contributed by atoms with Gasteiger partial charge in [-0.15, -0.1) is 0 Å². The molecule has 3 atom stereocenters. The highest BCUT2D eigenvalue weighted by atomic mass is 16.6. The van der Waals surface area contributed by atoms with Crippen LogP contribution in [0.2, 0.25) is 0 Å². The van der Waals surface area contributed by atoms with E-state index in [2.05, 4.69) is 56.9 Å². The Kier molecular flexibility index (Phi) is 2.80. The van der Waals surface area contributed by atoms with Crippen molar-refractivity contribution >= 4 is 16.5 Å². The highest BCUT2D eigenvalue weighted by Gasteiger charge is 2.69. The first-order chi connectivity index (χ1) is 10.8. The van der Waals surface area contributed by atoms with Gasteiger partial charge >= 0.3 is 0 Å². The predicted molar refractivity (Wildman–Crippen MR) is 93.3 cm³/mol. The number of nitrogens with one attached hydrogen (secondary N) is 1. The molecule has 3 nitrogen and oxygen atoms in total. The minimum Gasteiger partial charge on any atom is -0.376 e. The fourth-order valence-corrected chi connectivity index (χ4v) is 4.04. The third-order valence-electron chi connectivity index (χ3n) is 5.28. The second-order valence-electron chi connectivity index (χ2n) is 7.72. The van der Waals surface area contributed by atoms with Crippen LogP contribution < -0.4 is 5.32 Å². The topological polar surface area (TPSA) is 41.5 Å². The molecule has 2 aromatic rings. The van der Waals surface area contributed by atoms with E-state index < -0.39 is 5.79 Å². The van der Waals surface area contributed by atoms with Crippen LogP contribution in [0, 0.1) is 0 Å². The van der Waals surface area contributed by atoms with Gasteiger partial charge in [0.25, 0.3) is 0 Å². The van der Waals surface area contributed by atoms with Crippen LogP contribution in [-0.2, 0) is 10.2 Å². The van der Waals surface area contributed by atoms with Crippen molar-refractivity contribution in [1.82, 2.24) is 5.32 Å². The van der Waals surface area contributed by atoms with Gasteiger partial charge in [0.2, 0.25) is 0 Å². The lowest BCUT2D eigenvalue weighted by Crippen LogP contribution is -2.28. The Morgan fingerprint density at radius 3 is 2.61 bits per heavy atom. The summed E-state index contributed by atoms with van der Waals surface area (Å²) in [5.74, 6) is -1.20. The Balaban J connectivity index is 2.10. The molecule has 1 fully saturated rings. The third-order valence-corrected chi connectivity index (χ3v) is 5.28. The average Bonchev–Trinajstić information content (AvgIpc) is 3.10. The maximum atomic E-state index is 10.8. The van der Waals surface area contributed by atoms with Gasteiger partial charge in [0.1, 0.15) is 0 Å². The van der Waals surface area contributed by atoms with Gasteiger partial charge in [0.05, 0.1) is 12.0 Å². The average molecular weight is 309 g/mol. The van der Waals surface area contributed by atoms with E-state index in [1.807, 2.05) is 6.07 Å². The lowest BCUT2D eigenvalue weighted by atomic mass is 9.77. The van der Waals surface area contributed by atoms with E-state index in [1.54, 1.807) is 7.11 Å².